The van der Waals surface area contributed by atoms with Crippen LogP contribution in [0.5, 0.6) is 0 Å². The van der Waals surface area contributed by atoms with Crippen LogP contribution in [0.4, 0.5) is 0 Å². The molecule has 2 fully saturated rings. The average molecular weight is 409 g/mol. The van der Waals surface area contributed by atoms with Crippen LogP contribution in [-0.2, 0) is 4.74 Å². The van der Waals surface area contributed by atoms with Gasteiger partial charge in [0.25, 0.3) is 5.91 Å². The lowest BCUT2D eigenvalue weighted by molar-refractivity contribution is -0.0802. The van der Waals surface area contributed by atoms with Gasteiger partial charge in [0.1, 0.15) is 6.04 Å². The van der Waals surface area contributed by atoms with Crippen molar-refractivity contribution >= 4 is 16.8 Å². The Balaban J connectivity index is 1.52. The van der Waals surface area contributed by atoms with Crippen LogP contribution < -0.4 is 5.32 Å². The highest BCUT2D eigenvalue weighted by atomic mass is 16.5. The third-order valence-corrected chi connectivity index (χ3v) is 6.33. The number of nitrogens with zero attached hydrogens (tertiary/aromatic N) is 3. The number of hydrogen-bond acceptors (Lipinski definition) is 4. The average Bonchev–Trinajstić information content (AvgIpc) is 3.12. The molecule has 1 amide bonds. The number of carbonyl (C=O) groups is 1. The second-order valence-electron chi connectivity index (χ2n) is 8.46. The lowest BCUT2D eigenvalue weighted by atomic mass is 9.89. The topological polar surface area (TPSA) is 59.4 Å². The van der Waals surface area contributed by atoms with E-state index in [1.807, 2.05) is 42.8 Å². The van der Waals surface area contributed by atoms with Gasteiger partial charge in [-0.2, -0.15) is 5.10 Å². The summed E-state index contributed by atoms with van der Waals surface area (Å²) < 4.78 is 7.67. The standard InChI is InChI=1S/C24H32N4O2/c1-4-6-12-27-19-13-18(14-20(27)16-30-15-19)25-24(29)23-21-10-7-8-11-22(21)28(26-23)17(3)9-5-2/h7-8,10-11,17-20H,4,6,12-16H2,1-3H3,(H,25,29)/t17?,18?,19-,20+. The molecule has 2 bridgehead atoms. The molecule has 0 radical (unpaired) electrons. The molecule has 1 N–H and O–H groups in total. The second kappa shape index (κ2) is 9.20. The quantitative estimate of drug-likeness (QED) is 0.745. The molecule has 2 aromatic rings. The Morgan fingerprint density at radius 1 is 1.30 bits per heavy atom. The van der Waals surface area contributed by atoms with Crippen LogP contribution in [0.1, 0.15) is 63.0 Å². The first-order valence-electron chi connectivity index (χ1n) is 11.2. The van der Waals surface area contributed by atoms with Crippen molar-refractivity contribution in [2.75, 3.05) is 19.8 Å². The number of rotatable bonds is 6. The van der Waals surface area contributed by atoms with Gasteiger partial charge in [0.05, 0.1) is 18.7 Å². The van der Waals surface area contributed by atoms with E-state index in [4.69, 9.17) is 4.74 Å². The highest BCUT2D eigenvalue weighted by Crippen LogP contribution is 2.29. The Morgan fingerprint density at radius 3 is 2.73 bits per heavy atom. The Kier molecular flexibility index (Phi) is 6.40. The lowest BCUT2D eigenvalue weighted by Crippen LogP contribution is -2.60. The number of ether oxygens (including phenoxy) is 1. The maximum atomic E-state index is 13.2. The molecule has 2 aliphatic heterocycles. The first kappa shape index (κ1) is 20.9. The zero-order valence-corrected chi connectivity index (χ0v) is 18.2. The first-order chi connectivity index (χ1) is 14.6. The van der Waals surface area contributed by atoms with Crippen molar-refractivity contribution in [3.63, 3.8) is 0 Å². The predicted octanol–water partition coefficient (Wildman–Crippen LogP) is 3.38. The number of fused-ring (bicyclic) bond motifs is 3. The minimum atomic E-state index is -0.0902. The van der Waals surface area contributed by atoms with Gasteiger partial charge in [-0.3, -0.25) is 9.69 Å². The molecule has 0 spiro atoms. The summed E-state index contributed by atoms with van der Waals surface area (Å²) in [7, 11) is 0. The van der Waals surface area contributed by atoms with E-state index in [2.05, 4.69) is 34.1 Å². The molecule has 6 heteroatoms. The van der Waals surface area contributed by atoms with E-state index in [9.17, 15) is 4.79 Å². The number of aromatic nitrogens is 2. The van der Waals surface area contributed by atoms with Crippen LogP contribution in [0, 0.1) is 11.8 Å². The highest BCUT2D eigenvalue weighted by molar-refractivity contribution is 6.05. The van der Waals surface area contributed by atoms with Crippen molar-refractivity contribution in [1.29, 1.82) is 0 Å². The molecular formula is C24H32N4O2. The maximum Gasteiger partial charge on any atom is 0.272 e. The number of piperidine rings is 1. The summed E-state index contributed by atoms with van der Waals surface area (Å²) in [6.07, 6.45) is 4.28. The Labute approximate surface area is 178 Å². The summed E-state index contributed by atoms with van der Waals surface area (Å²) in [5.74, 6) is 5.99. The molecule has 3 heterocycles. The Morgan fingerprint density at radius 2 is 2.03 bits per heavy atom. The number of unbranched alkanes of at least 4 members (excludes halogenated alkanes) is 1. The third kappa shape index (κ3) is 4.10. The maximum absolute atomic E-state index is 13.2. The van der Waals surface area contributed by atoms with Gasteiger partial charge in [0.15, 0.2) is 5.69 Å². The van der Waals surface area contributed by atoms with Gasteiger partial charge in [-0.25, -0.2) is 4.68 Å². The van der Waals surface area contributed by atoms with Crippen LogP contribution in [0.15, 0.2) is 24.3 Å². The number of hydrogen-bond donors (Lipinski definition) is 1. The smallest absolute Gasteiger partial charge is 0.272 e. The van der Waals surface area contributed by atoms with E-state index in [-0.39, 0.29) is 18.0 Å². The van der Waals surface area contributed by atoms with Gasteiger partial charge >= 0.3 is 0 Å². The monoisotopic (exact) mass is 408 g/mol. The molecular weight excluding hydrogens is 376 g/mol. The van der Waals surface area contributed by atoms with Crippen LogP contribution in [0.25, 0.3) is 10.9 Å². The van der Waals surface area contributed by atoms with E-state index >= 15 is 0 Å². The van der Waals surface area contributed by atoms with E-state index in [0.29, 0.717) is 17.8 Å². The fourth-order valence-electron chi connectivity index (χ4n) is 4.89. The summed E-state index contributed by atoms with van der Waals surface area (Å²) in [5.41, 5.74) is 1.43. The molecule has 0 saturated carbocycles. The fraction of sp³-hybridized carbons (Fsp3) is 0.583. The minimum Gasteiger partial charge on any atom is -0.378 e. The molecule has 2 saturated heterocycles. The van der Waals surface area contributed by atoms with Crippen molar-refractivity contribution < 1.29 is 9.53 Å². The second-order valence-corrected chi connectivity index (χ2v) is 8.46. The summed E-state index contributed by atoms with van der Waals surface area (Å²) in [6, 6.07) is 8.76. The number of amides is 1. The largest absolute Gasteiger partial charge is 0.378 e. The summed E-state index contributed by atoms with van der Waals surface area (Å²) in [4.78, 5) is 15.8. The van der Waals surface area contributed by atoms with E-state index in [0.717, 1.165) is 43.5 Å². The van der Waals surface area contributed by atoms with Crippen molar-refractivity contribution in [2.45, 2.75) is 70.6 Å². The predicted molar refractivity (Wildman–Crippen MR) is 118 cm³/mol. The van der Waals surface area contributed by atoms with Crippen molar-refractivity contribution in [1.82, 2.24) is 20.0 Å². The Bertz CT molecular complexity index is 943. The lowest BCUT2D eigenvalue weighted by Gasteiger charge is -2.48. The van der Waals surface area contributed by atoms with Gasteiger partial charge in [-0.05, 0) is 45.7 Å². The molecule has 160 valence electrons. The van der Waals surface area contributed by atoms with Crippen molar-refractivity contribution in [3.05, 3.63) is 30.0 Å². The molecule has 6 nitrogen and oxygen atoms in total. The summed E-state index contributed by atoms with van der Waals surface area (Å²) in [5, 5.41) is 8.83. The summed E-state index contributed by atoms with van der Waals surface area (Å²) >= 11 is 0. The molecule has 0 aliphatic carbocycles. The van der Waals surface area contributed by atoms with Crippen molar-refractivity contribution in [2.24, 2.45) is 0 Å². The van der Waals surface area contributed by atoms with Crippen LogP contribution >= 0.6 is 0 Å². The van der Waals surface area contributed by atoms with Crippen LogP contribution in [0.2, 0.25) is 0 Å². The summed E-state index contributed by atoms with van der Waals surface area (Å²) in [6.45, 7) is 8.71. The number of benzene rings is 1. The fourth-order valence-corrected chi connectivity index (χ4v) is 4.89. The normalized spacial score (nSPS) is 24.8. The highest BCUT2D eigenvalue weighted by Gasteiger charge is 2.39. The van der Waals surface area contributed by atoms with Gasteiger partial charge in [0, 0.05) is 23.5 Å². The molecule has 2 aliphatic rings. The first-order valence-corrected chi connectivity index (χ1v) is 11.2. The number of para-hydroxylation sites is 1. The van der Waals surface area contributed by atoms with E-state index < -0.39 is 0 Å². The third-order valence-electron chi connectivity index (χ3n) is 6.33. The molecule has 4 rings (SSSR count). The molecule has 30 heavy (non-hydrogen) atoms. The zero-order valence-electron chi connectivity index (χ0n) is 18.2. The SMILES string of the molecule is CC#CC(C)n1nc(C(=O)NC2C[C@H]3COC[C@@H](C2)N3CCCC)c2ccccc21. The zero-order chi connectivity index (χ0) is 21.1. The number of nitrogens with one attached hydrogen (secondary N) is 1. The number of morpholine rings is 1. The van der Waals surface area contributed by atoms with Gasteiger partial charge in [0.2, 0.25) is 0 Å². The molecule has 4 atom stereocenters. The van der Waals surface area contributed by atoms with Gasteiger partial charge in [-0.1, -0.05) is 37.5 Å². The van der Waals surface area contributed by atoms with Gasteiger partial charge in [-0.15, -0.1) is 5.92 Å². The molecule has 1 aromatic heterocycles. The van der Waals surface area contributed by atoms with E-state index in [1.165, 1.54) is 12.8 Å². The van der Waals surface area contributed by atoms with Crippen LogP contribution in [0.3, 0.4) is 0 Å². The van der Waals surface area contributed by atoms with E-state index in [1.54, 1.807) is 0 Å². The van der Waals surface area contributed by atoms with Crippen LogP contribution in [-0.4, -0.2) is 58.5 Å². The molecule has 2 unspecified atom stereocenters. The minimum absolute atomic E-state index is 0.0836. The Hall–Kier alpha value is -2.36. The number of carbonyl (C=O) groups excluding carboxylic acids is 1. The van der Waals surface area contributed by atoms with Crippen molar-refractivity contribution in [3.8, 4) is 11.8 Å². The molecule has 1 aromatic carbocycles. The van der Waals surface area contributed by atoms with Gasteiger partial charge < -0.3 is 10.1 Å².